The lowest BCUT2D eigenvalue weighted by atomic mass is 10.3. The Morgan fingerprint density at radius 2 is 2.07 bits per heavy atom. The predicted octanol–water partition coefficient (Wildman–Crippen LogP) is 2.59. The third-order valence-electron chi connectivity index (χ3n) is 4.59. The molecule has 2 N–H and O–H groups in total. The average Bonchev–Trinajstić information content (AvgIpc) is 3.16. The number of carbonyl (C=O) groups is 1. The number of hydrogen-bond donors (Lipinski definition) is 2. The van der Waals surface area contributed by atoms with Crippen molar-refractivity contribution in [1.82, 2.24) is 20.2 Å². The first kappa shape index (κ1) is 19.6. The molecule has 1 saturated heterocycles. The van der Waals surface area contributed by atoms with Crippen molar-refractivity contribution in [1.29, 1.82) is 0 Å². The summed E-state index contributed by atoms with van der Waals surface area (Å²) in [7, 11) is 1.57. The Morgan fingerprint density at radius 1 is 1.24 bits per heavy atom. The van der Waals surface area contributed by atoms with Crippen molar-refractivity contribution < 1.29 is 14.3 Å². The van der Waals surface area contributed by atoms with Crippen LogP contribution in [0, 0.1) is 0 Å². The molecule has 8 nitrogen and oxygen atoms in total. The van der Waals surface area contributed by atoms with Crippen LogP contribution in [0.4, 0.5) is 5.13 Å². The maximum absolute atomic E-state index is 11.7. The molecule has 0 atom stereocenters. The fourth-order valence-electron chi connectivity index (χ4n) is 3.05. The summed E-state index contributed by atoms with van der Waals surface area (Å²) in [6, 6.07) is 9.12. The molecular formula is C20H23N5O3S. The van der Waals surface area contributed by atoms with E-state index in [1.54, 1.807) is 36.7 Å². The van der Waals surface area contributed by atoms with Gasteiger partial charge in [-0.1, -0.05) is 11.3 Å². The fourth-order valence-corrected chi connectivity index (χ4v) is 3.97. The first-order valence-electron chi connectivity index (χ1n) is 9.52. The second kappa shape index (κ2) is 9.17. The smallest absolute Gasteiger partial charge is 0.269 e. The quantitative estimate of drug-likeness (QED) is 0.615. The number of nitrogens with one attached hydrogen (secondary N) is 2. The number of hydrogen-bond acceptors (Lipinski definition) is 8. The van der Waals surface area contributed by atoms with Crippen LogP contribution in [0.5, 0.6) is 11.5 Å². The highest BCUT2D eigenvalue weighted by Gasteiger charge is 2.11. The zero-order chi connectivity index (χ0) is 20.1. The van der Waals surface area contributed by atoms with E-state index in [1.165, 1.54) is 0 Å². The molecule has 0 radical (unpaired) electrons. The predicted molar refractivity (Wildman–Crippen MR) is 113 cm³/mol. The van der Waals surface area contributed by atoms with E-state index in [2.05, 4.69) is 25.5 Å². The van der Waals surface area contributed by atoms with E-state index in [0.29, 0.717) is 17.2 Å². The minimum absolute atomic E-state index is 0.249. The average molecular weight is 414 g/mol. The minimum Gasteiger partial charge on any atom is -0.457 e. The van der Waals surface area contributed by atoms with Crippen molar-refractivity contribution in [2.24, 2.45) is 0 Å². The number of anilines is 1. The van der Waals surface area contributed by atoms with Crippen molar-refractivity contribution in [3.63, 3.8) is 0 Å². The zero-order valence-electron chi connectivity index (χ0n) is 16.2. The lowest BCUT2D eigenvalue weighted by Gasteiger charge is -2.26. The van der Waals surface area contributed by atoms with E-state index in [9.17, 15) is 4.79 Å². The van der Waals surface area contributed by atoms with E-state index >= 15 is 0 Å². The number of ether oxygens (including phenoxy) is 2. The van der Waals surface area contributed by atoms with Crippen LogP contribution in [-0.2, 0) is 4.74 Å². The monoisotopic (exact) mass is 413 g/mol. The first-order valence-corrected chi connectivity index (χ1v) is 10.3. The van der Waals surface area contributed by atoms with Crippen molar-refractivity contribution >= 4 is 32.6 Å². The number of rotatable bonds is 7. The van der Waals surface area contributed by atoms with Crippen LogP contribution >= 0.6 is 11.3 Å². The Morgan fingerprint density at radius 3 is 2.90 bits per heavy atom. The largest absolute Gasteiger partial charge is 0.457 e. The maximum atomic E-state index is 11.7. The standard InChI is InChI=1S/C20H23N5O3S/c1-21-19(26)17-12-15(4-5-22-17)28-14-2-3-16-18(13-14)29-20(24-16)23-6-7-25-8-10-27-11-9-25/h2-5,12-13H,6-11H2,1H3,(H,21,26)(H,23,24). The van der Waals surface area contributed by atoms with Crippen LogP contribution in [0.25, 0.3) is 10.2 Å². The number of fused-ring (bicyclic) bond motifs is 1. The van der Waals surface area contributed by atoms with Crippen LogP contribution in [0.2, 0.25) is 0 Å². The number of thiazole rings is 1. The third-order valence-corrected chi connectivity index (χ3v) is 5.57. The van der Waals surface area contributed by atoms with Gasteiger partial charge in [-0.2, -0.15) is 0 Å². The molecule has 0 aliphatic carbocycles. The topological polar surface area (TPSA) is 88.6 Å². The van der Waals surface area contributed by atoms with Crippen molar-refractivity contribution in [3.8, 4) is 11.5 Å². The lowest BCUT2D eigenvalue weighted by molar-refractivity contribution is 0.0398. The molecule has 2 aromatic heterocycles. The maximum Gasteiger partial charge on any atom is 0.269 e. The zero-order valence-corrected chi connectivity index (χ0v) is 17.0. The van der Waals surface area contributed by atoms with Crippen molar-refractivity contribution in [3.05, 3.63) is 42.2 Å². The highest BCUT2D eigenvalue weighted by molar-refractivity contribution is 7.22. The van der Waals surface area contributed by atoms with E-state index in [-0.39, 0.29) is 5.91 Å². The third kappa shape index (κ3) is 5.00. The molecule has 29 heavy (non-hydrogen) atoms. The molecule has 0 bridgehead atoms. The molecule has 1 aliphatic heterocycles. The molecule has 3 aromatic rings. The Bertz CT molecular complexity index is 987. The van der Waals surface area contributed by atoms with Gasteiger partial charge in [0.1, 0.15) is 17.2 Å². The van der Waals surface area contributed by atoms with Gasteiger partial charge in [-0.25, -0.2) is 4.98 Å². The molecule has 1 fully saturated rings. The molecule has 0 unspecified atom stereocenters. The Balaban J connectivity index is 1.39. The van der Waals surface area contributed by atoms with Gasteiger partial charge in [0.05, 0.1) is 23.4 Å². The van der Waals surface area contributed by atoms with E-state index in [1.807, 2.05) is 18.2 Å². The van der Waals surface area contributed by atoms with Crippen LogP contribution in [0.1, 0.15) is 10.5 Å². The van der Waals surface area contributed by atoms with Crippen LogP contribution in [-0.4, -0.2) is 67.2 Å². The number of benzene rings is 1. The summed E-state index contributed by atoms with van der Waals surface area (Å²) in [6.07, 6.45) is 1.56. The van der Waals surface area contributed by atoms with E-state index in [4.69, 9.17) is 9.47 Å². The summed E-state index contributed by atoms with van der Waals surface area (Å²) >= 11 is 1.60. The Labute approximate surface area is 172 Å². The summed E-state index contributed by atoms with van der Waals surface area (Å²) in [6.45, 7) is 5.42. The summed E-state index contributed by atoms with van der Waals surface area (Å²) in [5.41, 5.74) is 1.24. The molecule has 0 saturated carbocycles. The Hall–Kier alpha value is -2.75. The van der Waals surface area contributed by atoms with Crippen LogP contribution in [0.15, 0.2) is 36.5 Å². The molecule has 3 heterocycles. The SMILES string of the molecule is CNC(=O)c1cc(Oc2ccc3nc(NCCN4CCOCC4)sc3c2)ccn1. The number of morpholine rings is 1. The highest BCUT2D eigenvalue weighted by Crippen LogP contribution is 2.31. The van der Waals surface area contributed by atoms with Gasteiger partial charge < -0.3 is 20.1 Å². The molecule has 4 rings (SSSR count). The minimum atomic E-state index is -0.249. The van der Waals surface area contributed by atoms with Crippen LogP contribution < -0.4 is 15.4 Å². The highest BCUT2D eigenvalue weighted by atomic mass is 32.1. The molecule has 1 aliphatic rings. The molecule has 0 spiro atoms. The molecule has 152 valence electrons. The van der Waals surface area contributed by atoms with Gasteiger partial charge in [0.15, 0.2) is 5.13 Å². The summed E-state index contributed by atoms with van der Waals surface area (Å²) in [5, 5.41) is 6.86. The number of pyridine rings is 1. The molecule has 9 heteroatoms. The van der Waals surface area contributed by atoms with Gasteiger partial charge in [0.25, 0.3) is 5.91 Å². The Kier molecular flexibility index (Phi) is 6.18. The van der Waals surface area contributed by atoms with Gasteiger partial charge >= 0.3 is 0 Å². The van der Waals surface area contributed by atoms with Gasteiger partial charge in [-0.3, -0.25) is 14.7 Å². The van der Waals surface area contributed by atoms with Crippen molar-refractivity contribution in [2.75, 3.05) is 51.8 Å². The second-order valence-corrected chi connectivity index (χ2v) is 7.62. The number of amides is 1. The van der Waals surface area contributed by atoms with E-state index < -0.39 is 0 Å². The second-order valence-electron chi connectivity index (χ2n) is 6.59. The van der Waals surface area contributed by atoms with E-state index in [0.717, 1.165) is 54.7 Å². The van der Waals surface area contributed by atoms with Gasteiger partial charge in [-0.15, -0.1) is 0 Å². The lowest BCUT2D eigenvalue weighted by Crippen LogP contribution is -2.38. The van der Waals surface area contributed by atoms with Crippen LogP contribution in [0.3, 0.4) is 0 Å². The summed E-state index contributed by atoms with van der Waals surface area (Å²) in [5.74, 6) is 1.00. The van der Waals surface area contributed by atoms with Gasteiger partial charge in [0, 0.05) is 51.6 Å². The van der Waals surface area contributed by atoms with Gasteiger partial charge in [-0.05, 0) is 18.2 Å². The molecule has 1 aromatic carbocycles. The fraction of sp³-hybridized carbons (Fsp3) is 0.350. The first-order chi connectivity index (χ1) is 14.2. The number of carbonyl (C=O) groups excluding carboxylic acids is 1. The van der Waals surface area contributed by atoms with Crippen molar-refractivity contribution in [2.45, 2.75) is 0 Å². The number of aromatic nitrogens is 2. The van der Waals surface area contributed by atoms with Gasteiger partial charge in [0.2, 0.25) is 0 Å². The summed E-state index contributed by atoms with van der Waals surface area (Å²) in [4.78, 5) is 22.8. The molecule has 1 amide bonds. The number of nitrogens with zero attached hydrogens (tertiary/aromatic N) is 3. The summed E-state index contributed by atoms with van der Waals surface area (Å²) < 4.78 is 12.3. The normalized spacial score (nSPS) is 14.7. The molecular weight excluding hydrogens is 390 g/mol.